The highest BCUT2D eigenvalue weighted by Crippen LogP contribution is 2.36. The molecule has 1 saturated carbocycles. The molecule has 0 unspecified atom stereocenters. The van der Waals surface area contributed by atoms with Crippen LogP contribution in [-0.2, 0) is 18.9 Å². The average Bonchev–Trinajstić information content (AvgIpc) is 2.95. The van der Waals surface area contributed by atoms with Gasteiger partial charge in [0.1, 0.15) is 60.9 Å². The van der Waals surface area contributed by atoms with Gasteiger partial charge in [0.05, 0.1) is 24.7 Å². The molecule has 0 bridgehead atoms. The zero-order valence-corrected chi connectivity index (χ0v) is 25.5. The van der Waals surface area contributed by atoms with Gasteiger partial charge in [0.25, 0.3) is 0 Å². The molecule has 1 aliphatic carbocycles. The Morgan fingerprint density at radius 2 is 1.09 bits per heavy atom. The summed E-state index contributed by atoms with van der Waals surface area (Å²) in [5, 5.41) is 55.0. The summed E-state index contributed by atoms with van der Waals surface area (Å²) in [5.41, 5.74) is 55.6. The predicted molar refractivity (Wildman–Crippen MR) is 166 cm³/mol. The van der Waals surface area contributed by atoms with E-state index in [9.17, 15) is 25.5 Å². The summed E-state index contributed by atoms with van der Waals surface area (Å²) >= 11 is 0. The number of guanidine groups is 5. The van der Waals surface area contributed by atoms with Crippen LogP contribution in [0.3, 0.4) is 0 Å². The minimum Gasteiger partial charge on any atom is -0.388 e. The molecular formula is C23H47N15O9. The van der Waals surface area contributed by atoms with Crippen molar-refractivity contribution in [2.75, 3.05) is 6.54 Å². The molecule has 3 rings (SSSR count). The molecule has 268 valence electrons. The smallest absolute Gasteiger partial charge is 0.187 e. The molecule has 0 aromatic rings. The van der Waals surface area contributed by atoms with Crippen molar-refractivity contribution in [3.8, 4) is 0 Å². The largest absolute Gasteiger partial charge is 0.388 e. The summed E-state index contributed by atoms with van der Waals surface area (Å²) in [4.78, 5) is 20.0. The second kappa shape index (κ2) is 15.7. The van der Waals surface area contributed by atoms with E-state index in [1.165, 1.54) is 6.92 Å². The van der Waals surface area contributed by atoms with Crippen LogP contribution < -0.4 is 57.3 Å². The van der Waals surface area contributed by atoms with Crippen LogP contribution in [0.2, 0.25) is 0 Å². The summed E-state index contributed by atoms with van der Waals surface area (Å²) in [6.07, 6.45) is -16.8. The molecule has 2 aliphatic heterocycles. The molecular weight excluding hydrogens is 630 g/mol. The summed E-state index contributed by atoms with van der Waals surface area (Å²) in [5.74, 6) is -1.99. The zero-order chi connectivity index (χ0) is 35.3. The molecule has 47 heavy (non-hydrogen) atoms. The van der Waals surface area contributed by atoms with Crippen LogP contribution >= 0.6 is 0 Å². The van der Waals surface area contributed by atoms with E-state index >= 15 is 0 Å². The van der Waals surface area contributed by atoms with Crippen molar-refractivity contribution in [2.45, 2.75) is 105 Å². The Hall–Kier alpha value is -4.01. The maximum atomic E-state index is 11.5. The number of aliphatic imine (C=N–C) groups is 5. The van der Waals surface area contributed by atoms with Gasteiger partial charge in [0.2, 0.25) is 0 Å². The molecule has 24 nitrogen and oxygen atoms in total. The fourth-order valence-electron chi connectivity index (χ4n) is 5.59. The van der Waals surface area contributed by atoms with Gasteiger partial charge in [0, 0.05) is 0 Å². The third-order valence-electron chi connectivity index (χ3n) is 7.66. The number of nitrogens with zero attached hydrogens (tertiary/aromatic N) is 5. The Balaban J connectivity index is 2.08. The highest BCUT2D eigenvalue weighted by atomic mass is 16.7. The van der Waals surface area contributed by atoms with Gasteiger partial charge in [-0.05, 0) is 13.3 Å². The van der Waals surface area contributed by atoms with Crippen molar-refractivity contribution in [3.05, 3.63) is 0 Å². The highest BCUT2D eigenvalue weighted by molar-refractivity contribution is 5.77. The van der Waals surface area contributed by atoms with E-state index in [-0.39, 0.29) is 24.9 Å². The van der Waals surface area contributed by atoms with Gasteiger partial charge in [0.15, 0.2) is 42.4 Å². The predicted octanol–water partition coefficient (Wildman–Crippen LogP) is -9.72. The van der Waals surface area contributed by atoms with Crippen LogP contribution in [0.25, 0.3) is 0 Å². The number of ether oxygens (including phenoxy) is 4. The first kappa shape index (κ1) is 37.4. The SMILES string of the molecule is C[C@H]1O[C@@H](O[C@@H]2[C@@H](O)[C@H](N=C(N)N)C[C@H](N=C(N)N)[C@H]2O[C@H]2O[C@H](CN=C(N)N)[C@@H](O)[C@H](O)[C@H]2N=C(N)N)[C@H](O)[C@@H](O)[C@@H]1N=C(N)N. The van der Waals surface area contributed by atoms with Crippen molar-refractivity contribution in [3.63, 3.8) is 0 Å². The number of aliphatic hydroxyl groups excluding tert-OH is 5. The van der Waals surface area contributed by atoms with Crippen molar-refractivity contribution in [1.82, 2.24) is 0 Å². The van der Waals surface area contributed by atoms with Crippen molar-refractivity contribution in [1.29, 1.82) is 0 Å². The average molecular weight is 678 g/mol. The Morgan fingerprint density at radius 3 is 1.64 bits per heavy atom. The van der Waals surface area contributed by atoms with Gasteiger partial charge < -0.3 is 102 Å². The summed E-state index contributed by atoms with van der Waals surface area (Å²) < 4.78 is 24.0. The van der Waals surface area contributed by atoms with E-state index in [0.29, 0.717) is 0 Å². The molecule has 0 aromatic heterocycles. The lowest BCUT2D eigenvalue weighted by Gasteiger charge is -2.48. The van der Waals surface area contributed by atoms with Crippen molar-refractivity contribution >= 4 is 29.8 Å². The van der Waals surface area contributed by atoms with Gasteiger partial charge >= 0.3 is 0 Å². The molecule has 0 radical (unpaired) electrons. The molecule has 3 aliphatic rings. The monoisotopic (exact) mass is 677 g/mol. The van der Waals surface area contributed by atoms with Gasteiger partial charge in [-0.1, -0.05) is 0 Å². The zero-order valence-electron chi connectivity index (χ0n) is 25.5. The van der Waals surface area contributed by atoms with Crippen LogP contribution in [-0.4, -0.2) is 154 Å². The Bertz CT molecular complexity index is 1200. The number of hydrogen-bond acceptors (Lipinski definition) is 14. The lowest BCUT2D eigenvalue weighted by Crippen LogP contribution is -2.65. The third-order valence-corrected chi connectivity index (χ3v) is 7.66. The van der Waals surface area contributed by atoms with Crippen LogP contribution in [0, 0.1) is 0 Å². The van der Waals surface area contributed by atoms with E-state index in [0.717, 1.165) is 0 Å². The lowest BCUT2D eigenvalue weighted by atomic mass is 9.83. The first-order chi connectivity index (χ1) is 21.9. The van der Waals surface area contributed by atoms with Gasteiger partial charge in [-0.2, -0.15) is 0 Å². The maximum Gasteiger partial charge on any atom is 0.187 e. The number of hydrogen-bond donors (Lipinski definition) is 15. The molecule has 15 atom stereocenters. The van der Waals surface area contributed by atoms with E-state index in [2.05, 4.69) is 25.0 Å². The first-order valence-electron chi connectivity index (χ1n) is 14.3. The second-order valence-corrected chi connectivity index (χ2v) is 11.2. The Morgan fingerprint density at radius 1 is 0.574 bits per heavy atom. The molecule has 24 heteroatoms. The topological polar surface area (TPSA) is 460 Å². The minimum absolute atomic E-state index is 0.135. The number of aliphatic hydroxyl groups is 5. The normalized spacial score (nSPS) is 40.3. The highest BCUT2D eigenvalue weighted by Gasteiger charge is 2.54. The van der Waals surface area contributed by atoms with Crippen LogP contribution in [0.5, 0.6) is 0 Å². The van der Waals surface area contributed by atoms with Crippen LogP contribution in [0.1, 0.15) is 13.3 Å². The number of rotatable bonds is 10. The molecule has 3 fully saturated rings. The molecule has 0 aromatic carbocycles. The maximum absolute atomic E-state index is 11.5. The van der Waals surface area contributed by atoms with Gasteiger partial charge in [-0.3, -0.25) is 4.99 Å². The van der Waals surface area contributed by atoms with Crippen molar-refractivity contribution in [2.24, 2.45) is 82.3 Å². The van der Waals surface area contributed by atoms with E-state index in [4.69, 9.17) is 76.3 Å². The number of nitrogens with two attached hydrogens (primary N) is 10. The molecule has 25 N–H and O–H groups in total. The molecule has 2 saturated heterocycles. The molecule has 0 amide bonds. The van der Waals surface area contributed by atoms with Crippen LogP contribution in [0.15, 0.2) is 25.0 Å². The third kappa shape index (κ3) is 9.30. The van der Waals surface area contributed by atoms with Crippen molar-refractivity contribution < 1.29 is 44.5 Å². The Kier molecular flexibility index (Phi) is 12.5. The first-order valence-corrected chi connectivity index (χ1v) is 14.3. The summed E-state index contributed by atoms with van der Waals surface area (Å²) in [6, 6.07) is -4.74. The fraction of sp³-hybridized carbons (Fsp3) is 0.783. The quantitative estimate of drug-likeness (QED) is 0.0753. The fourth-order valence-corrected chi connectivity index (χ4v) is 5.59. The lowest BCUT2D eigenvalue weighted by molar-refractivity contribution is -0.328. The minimum atomic E-state index is -1.77. The van der Waals surface area contributed by atoms with E-state index in [1.807, 2.05) is 0 Å². The summed E-state index contributed by atoms with van der Waals surface area (Å²) in [7, 11) is 0. The summed E-state index contributed by atoms with van der Waals surface area (Å²) in [6.45, 7) is 1.19. The van der Waals surface area contributed by atoms with Crippen LogP contribution in [0.4, 0.5) is 0 Å². The Labute approximate surface area is 268 Å². The second-order valence-electron chi connectivity index (χ2n) is 11.2. The van der Waals surface area contributed by atoms with E-state index in [1.54, 1.807) is 0 Å². The van der Waals surface area contributed by atoms with Gasteiger partial charge in [-0.15, -0.1) is 0 Å². The molecule has 0 spiro atoms. The molecule has 2 heterocycles. The van der Waals surface area contributed by atoms with Gasteiger partial charge in [-0.25, -0.2) is 20.0 Å². The standard InChI is InChI=1S/C23H47N15O9/c1-4-8(37-22(30)31)12(41)14(43)18(44-4)47-16-10(39)5(35-20(26)27)2-6(36-21(28)29)15(16)46-17-9(38-23(32)33)13(42)11(40)7(45-17)3-34-19(24)25/h4-18,39-43H,2-3H2,1H3,(H4,24,25,34)(H4,26,27,35)(H4,28,29,36)(H4,30,31,37)(H4,32,33,38)/t4-,5-,6+,7-,8-,9-,10+,11-,12+,13-,14-,15-,16-,17-,18+/m1/s1. The van der Waals surface area contributed by atoms with E-state index < -0.39 is 110 Å².